The average Bonchev–Trinajstić information content (AvgIpc) is 3.06. The first-order chi connectivity index (χ1) is 15.0. The summed E-state index contributed by atoms with van der Waals surface area (Å²) >= 11 is 0. The lowest BCUT2D eigenvalue weighted by Crippen LogP contribution is -2.19. The number of benzene rings is 3. The first-order valence-corrected chi connectivity index (χ1v) is 9.71. The maximum absolute atomic E-state index is 12.4. The minimum Gasteiger partial charge on any atom is -0.317 e. The van der Waals surface area contributed by atoms with Gasteiger partial charge in [0, 0.05) is 28.4 Å². The third-order valence-corrected chi connectivity index (χ3v) is 5.19. The van der Waals surface area contributed by atoms with Crippen LogP contribution in [0.5, 0.6) is 0 Å². The van der Waals surface area contributed by atoms with Gasteiger partial charge in [-0.05, 0) is 37.4 Å². The number of para-hydroxylation sites is 1. The van der Waals surface area contributed by atoms with Crippen molar-refractivity contribution < 1.29 is 9.72 Å². The molecule has 0 radical (unpaired) electrons. The normalized spacial score (nSPS) is 11.2. The topological polar surface area (TPSA) is 89.5 Å². The number of nitro benzene ring substituents is 1. The number of carbonyl (C=O) groups is 1. The molecule has 0 fully saturated rings. The van der Waals surface area contributed by atoms with Gasteiger partial charge in [0.25, 0.3) is 11.6 Å². The highest BCUT2D eigenvalue weighted by atomic mass is 16.6. The summed E-state index contributed by atoms with van der Waals surface area (Å²) in [7, 11) is 0. The fraction of sp³-hybridized carbons (Fsp3) is 0.0833. The van der Waals surface area contributed by atoms with Gasteiger partial charge in [-0.1, -0.05) is 48.5 Å². The maximum Gasteiger partial charge on any atom is 0.282 e. The molecule has 7 heteroatoms. The zero-order valence-electron chi connectivity index (χ0n) is 17.1. The Hall–Kier alpha value is -4.26. The Labute approximate surface area is 178 Å². The van der Waals surface area contributed by atoms with Crippen LogP contribution >= 0.6 is 0 Å². The molecule has 0 aliphatic rings. The van der Waals surface area contributed by atoms with Crippen LogP contribution in [0.2, 0.25) is 0 Å². The lowest BCUT2D eigenvalue weighted by molar-refractivity contribution is -0.385. The molecule has 0 aliphatic carbocycles. The van der Waals surface area contributed by atoms with E-state index in [0.29, 0.717) is 0 Å². The first kappa shape index (κ1) is 20.0. The number of hydrogen-bond donors (Lipinski definition) is 1. The van der Waals surface area contributed by atoms with Crippen LogP contribution < -0.4 is 5.43 Å². The molecule has 0 unspecified atom stereocenters. The van der Waals surface area contributed by atoms with Crippen molar-refractivity contribution in [1.29, 1.82) is 0 Å². The van der Waals surface area contributed by atoms with Crippen molar-refractivity contribution in [3.05, 3.63) is 105 Å². The number of aryl methyl sites for hydroxylation is 1. The van der Waals surface area contributed by atoms with E-state index < -0.39 is 10.8 Å². The van der Waals surface area contributed by atoms with Crippen LogP contribution in [-0.2, 0) is 0 Å². The lowest BCUT2D eigenvalue weighted by atomic mass is 10.1. The van der Waals surface area contributed by atoms with E-state index in [-0.39, 0.29) is 11.3 Å². The molecule has 4 rings (SSSR count). The summed E-state index contributed by atoms with van der Waals surface area (Å²) in [6.45, 7) is 4.00. The number of nitrogens with one attached hydrogen (secondary N) is 1. The van der Waals surface area contributed by atoms with Crippen molar-refractivity contribution in [2.45, 2.75) is 13.8 Å². The molecule has 0 aliphatic heterocycles. The Bertz CT molecular complexity index is 1330. The molecular weight excluding hydrogens is 392 g/mol. The molecule has 31 heavy (non-hydrogen) atoms. The van der Waals surface area contributed by atoms with Crippen molar-refractivity contribution in [3.63, 3.8) is 0 Å². The minimum atomic E-state index is -0.633. The molecule has 3 aromatic carbocycles. The molecular formula is C24H20N4O3. The van der Waals surface area contributed by atoms with Gasteiger partial charge in [-0.15, -0.1) is 0 Å². The van der Waals surface area contributed by atoms with E-state index in [9.17, 15) is 14.9 Å². The van der Waals surface area contributed by atoms with Crippen molar-refractivity contribution >= 4 is 28.6 Å². The first-order valence-electron chi connectivity index (χ1n) is 9.71. The summed E-state index contributed by atoms with van der Waals surface area (Å²) < 4.78 is 2.15. The molecule has 0 atom stereocenters. The molecule has 154 valence electrons. The molecule has 0 spiro atoms. The van der Waals surface area contributed by atoms with Gasteiger partial charge >= 0.3 is 0 Å². The molecule has 1 aromatic heterocycles. The predicted octanol–water partition coefficient (Wildman–Crippen LogP) is 4.92. The number of rotatable bonds is 5. The lowest BCUT2D eigenvalue weighted by Gasteiger charge is -2.12. The van der Waals surface area contributed by atoms with E-state index in [1.807, 2.05) is 38.1 Å². The van der Waals surface area contributed by atoms with Gasteiger partial charge in [0.15, 0.2) is 0 Å². The Morgan fingerprint density at radius 2 is 1.74 bits per heavy atom. The summed E-state index contributed by atoms with van der Waals surface area (Å²) in [4.78, 5) is 22.9. The van der Waals surface area contributed by atoms with E-state index in [4.69, 9.17) is 0 Å². The molecule has 0 saturated carbocycles. The van der Waals surface area contributed by atoms with Gasteiger partial charge in [0.1, 0.15) is 5.56 Å². The zero-order chi connectivity index (χ0) is 22.0. The molecule has 0 saturated heterocycles. The van der Waals surface area contributed by atoms with Crippen molar-refractivity contribution in [2.24, 2.45) is 5.10 Å². The number of fused-ring (bicyclic) bond motifs is 1. The molecule has 0 bridgehead atoms. The predicted molar refractivity (Wildman–Crippen MR) is 121 cm³/mol. The zero-order valence-corrected chi connectivity index (χ0v) is 17.1. The number of amides is 1. The molecule has 7 nitrogen and oxygen atoms in total. The number of nitro groups is 1. The maximum atomic E-state index is 12.4. The van der Waals surface area contributed by atoms with Crippen molar-refractivity contribution in [1.82, 2.24) is 9.99 Å². The van der Waals surface area contributed by atoms with E-state index in [1.54, 1.807) is 12.3 Å². The van der Waals surface area contributed by atoms with Crippen molar-refractivity contribution in [3.8, 4) is 5.69 Å². The second-order valence-electron chi connectivity index (χ2n) is 7.13. The molecule has 1 heterocycles. The fourth-order valence-electron chi connectivity index (χ4n) is 3.74. The summed E-state index contributed by atoms with van der Waals surface area (Å²) in [5.74, 6) is -0.633. The smallest absolute Gasteiger partial charge is 0.282 e. The fourth-order valence-corrected chi connectivity index (χ4v) is 3.74. The standard InChI is InChI=1S/C24H20N4O3/c1-16-14-19(15-25-26-24(29)21-11-5-6-12-23(21)28(30)31)17(2)27(16)22-13-7-9-18-8-3-4-10-20(18)22/h3-15H,1-2H3,(H,26,29)/b25-15-. The van der Waals surface area contributed by atoms with Crippen LogP contribution in [0.1, 0.15) is 27.3 Å². The largest absolute Gasteiger partial charge is 0.317 e. The van der Waals surface area contributed by atoms with Crippen LogP contribution in [0.3, 0.4) is 0 Å². The third-order valence-electron chi connectivity index (χ3n) is 5.19. The van der Waals surface area contributed by atoms with Gasteiger partial charge in [-0.3, -0.25) is 14.9 Å². The monoisotopic (exact) mass is 412 g/mol. The van der Waals surface area contributed by atoms with Crippen molar-refractivity contribution in [2.75, 3.05) is 0 Å². The van der Waals surface area contributed by atoms with Gasteiger partial charge in [-0.25, -0.2) is 5.43 Å². The minimum absolute atomic E-state index is 0.0362. The Balaban J connectivity index is 1.62. The van der Waals surface area contributed by atoms with Crippen LogP contribution in [0.15, 0.2) is 77.9 Å². The Morgan fingerprint density at radius 1 is 1.03 bits per heavy atom. The third kappa shape index (κ3) is 3.81. The highest BCUT2D eigenvalue weighted by Crippen LogP contribution is 2.27. The summed E-state index contributed by atoms with van der Waals surface area (Å²) in [6, 6.07) is 22.1. The second kappa shape index (κ2) is 8.23. The average molecular weight is 412 g/mol. The van der Waals surface area contributed by atoms with Crippen LogP contribution in [0.25, 0.3) is 16.5 Å². The summed E-state index contributed by atoms with van der Waals surface area (Å²) in [5, 5.41) is 17.4. The van der Waals surface area contributed by atoms with E-state index in [1.165, 1.54) is 18.2 Å². The Kier molecular flexibility index (Phi) is 5.32. The second-order valence-corrected chi connectivity index (χ2v) is 7.13. The summed E-state index contributed by atoms with van der Waals surface area (Å²) in [5.41, 5.74) is 5.99. The van der Waals surface area contributed by atoms with Gasteiger partial charge in [0.05, 0.1) is 16.8 Å². The number of nitrogens with zero attached hydrogens (tertiary/aromatic N) is 3. The molecule has 1 amide bonds. The van der Waals surface area contributed by atoms with E-state index in [0.717, 1.165) is 33.4 Å². The molecule has 4 aromatic rings. The van der Waals surface area contributed by atoms with E-state index in [2.05, 4.69) is 39.4 Å². The quantitative estimate of drug-likeness (QED) is 0.287. The van der Waals surface area contributed by atoms with Gasteiger partial charge in [0.2, 0.25) is 0 Å². The van der Waals surface area contributed by atoms with Crippen LogP contribution in [0.4, 0.5) is 5.69 Å². The van der Waals surface area contributed by atoms with Gasteiger partial charge < -0.3 is 4.57 Å². The van der Waals surface area contributed by atoms with Crippen LogP contribution in [-0.4, -0.2) is 21.6 Å². The number of carbonyl (C=O) groups excluding carboxylic acids is 1. The number of aromatic nitrogens is 1. The number of hydrazone groups is 1. The highest BCUT2D eigenvalue weighted by Gasteiger charge is 2.18. The van der Waals surface area contributed by atoms with Crippen LogP contribution in [0, 0.1) is 24.0 Å². The van der Waals surface area contributed by atoms with E-state index >= 15 is 0 Å². The van der Waals surface area contributed by atoms with Gasteiger partial charge in [-0.2, -0.15) is 5.10 Å². The molecule has 1 N–H and O–H groups in total. The highest BCUT2D eigenvalue weighted by molar-refractivity contribution is 5.98. The number of hydrogen-bond acceptors (Lipinski definition) is 4. The SMILES string of the molecule is Cc1cc(/C=N\NC(=O)c2ccccc2[N+](=O)[O-])c(C)n1-c1cccc2ccccc12. The summed E-state index contributed by atoms with van der Waals surface area (Å²) in [6.07, 6.45) is 1.55. The Morgan fingerprint density at radius 3 is 2.55 bits per heavy atom.